The van der Waals surface area contributed by atoms with Crippen LogP contribution in [0.15, 0.2) is 24.3 Å². The average molecular weight is 356 g/mol. The summed E-state index contributed by atoms with van der Waals surface area (Å²) in [4.78, 5) is 37.5. The Balaban J connectivity index is 2.10. The molecule has 1 aliphatic rings. The number of imide groups is 1. The third-order valence-electron chi connectivity index (χ3n) is 4.21. The zero-order valence-electron chi connectivity index (χ0n) is 13.9. The molecule has 1 N–H and O–H groups in total. The summed E-state index contributed by atoms with van der Waals surface area (Å²) in [5.74, 6) is -1.09. The van der Waals surface area contributed by atoms with E-state index in [2.05, 4.69) is 5.32 Å². The zero-order chi connectivity index (χ0) is 18.8. The molecule has 25 heavy (non-hydrogen) atoms. The topological polar surface area (TPSA) is 66.5 Å². The molecule has 1 aromatic carbocycles. The third kappa shape index (κ3) is 4.00. The van der Waals surface area contributed by atoms with Crippen molar-refractivity contribution in [3.8, 4) is 0 Å². The lowest BCUT2D eigenvalue weighted by Crippen LogP contribution is -2.44. The fraction of sp³-hybridized carbons (Fsp3) is 0.471. The van der Waals surface area contributed by atoms with Crippen molar-refractivity contribution in [3.05, 3.63) is 35.4 Å². The van der Waals surface area contributed by atoms with Crippen molar-refractivity contribution in [1.29, 1.82) is 0 Å². The van der Waals surface area contributed by atoms with E-state index in [1.165, 1.54) is 0 Å². The Hall–Kier alpha value is -2.38. The number of ketones is 1. The maximum Gasteiger partial charge on any atom is 0.416 e. The number of nitrogens with one attached hydrogen (secondary N) is 1. The van der Waals surface area contributed by atoms with E-state index >= 15 is 0 Å². The van der Waals surface area contributed by atoms with Crippen LogP contribution in [0, 0.1) is 0 Å². The maximum atomic E-state index is 12.5. The number of urea groups is 1. The van der Waals surface area contributed by atoms with Gasteiger partial charge in [0.25, 0.3) is 5.91 Å². The van der Waals surface area contributed by atoms with Gasteiger partial charge in [0, 0.05) is 5.56 Å². The minimum Gasteiger partial charge on any atom is -0.323 e. The van der Waals surface area contributed by atoms with Crippen molar-refractivity contribution in [3.63, 3.8) is 0 Å². The van der Waals surface area contributed by atoms with Crippen molar-refractivity contribution in [1.82, 2.24) is 10.2 Å². The number of alkyl halides is 3. The van der Waals surface area contributed by atoms with E-state index in [0.717, 1.165) is 42.0 Å². The average Bonchev–Trinajstić information content (AvgIpc) is 2.76. The van der Waals surface area contributed by atoms with Crippen LogP contribution < -0.4 is 5.32 Å². The molecule has 136 valence electrons. The Kier molecular flexibility index (Phi) is 5.20. The first-order valence-corrected chi connectivity index (χ1v) is 7.93. The summed E-state index contributed by atoms with van der Waals surface area (Å²) in [5, 5.41) is 2.59. The molecule has 1 saturated heterocycles. The highest BCUT2D eigenvalue weighted by Crippen LogP contribution is 2.29. The molecule has 1 aliphatic heterocycles. The van der Waals surface area contributed by atoms with E-state index in [1.54, 1.807) is 6.92 Å². The van der Waals surface area contributed by atoms with Gasteiger partial charge < -0.3 is 5.32 Å². The number of nitrogens with zero attached hydrogens (tertiary/aromatic N) is 1. The summed E-state index contributed by atoms with van der Waals surface area (Å²) < 4.78 is 37.6. The number of carbonyl (C=O) groups excluding carboxylic acids is 3. The monoisotopic (exact) mass is 356 g/mol. The van der Waals surface area contributed by atoms with Gasteiger partial charge in [-0.25, -0.2) is 4.79 Å². The molecule has 1 heterocycles. The minimum atomic E-state index is -4.49. The predicted octanol–water partition coefficient (Wildman–Crippen LogP) is 3.39. The number of Topliss-reactive ketones (excluding diaryl/α,β-unsaturated/α-hetero) is 1. The molecule has 2 rings (SSSR count). The van der Waals surface area contributed by atoms with Gasteiger partial charge in [-0.1, -0.05) is 31.9 Å². The highest BCUT2D eigenvalue weighted by molar-refractivity contribution is 6.10. The molecule has 0 aromatic heterocycles. The molecule has 0 radical (unpaired) electrons. The SMILES string of the molecule is CCCC[C@@]1(C)NC(=O)N(CC(=O)c2ccc(C(F)(F)F)cc2)C1=O. The van der Waals surface area contributed by atoms with E-state index in [0.29, 0.717) is 6.42 Å². The highest BCUT2D eigenvalue weighted by atomic mass is 19.4. The molecule has 8 heteroatoms. The quantitative estimate of drug-likeness (QED) is 0.628. The van der Waals surface area contributed by atoms with Gasteiger partial charge >= 0.3 is 12.2 Å². The van der Waals surface area contributed by atoms with Gasteiger partial charge in [0.2, 0.25) is 0 Å². The molecule has 0 spiro atoms. The summed E-state index contributed by atoms with van der Waals surface area (Å²) in [7, 11) is 0. The van der Waals surface area contributed by atoms with E-state index in [1.807, 2.05) is 6.92 Å². The number of hydrogen-bond donors (Lipinski definition) is 1. The van der Waals surface area contributed by atoms with Crippen molar-refractivity contribution in [2.24, 2.45) is 0 Å². The van der Waals surface area contributed by atoms with Gasteiger partial charge in [-0.3, -0.25) is 14.5 Å². The predicted molar refractivity (Wildman–Crippen MR) is 83.9 cm³/mol. The molecule has 1 fully saturated rings. The molecule has 0 aliphatic carbocycles. The van der Waals surface area contributed by atoms with Crippen molar-refractivity contribution in [2.45, 2.75) is 44.8 Å². The van der Waals surface area contributed by atoms with Crippen LogP contribution >= 0.6 is 0 Å². The van der Waals surface area contributed by atoms with Crippen molar-refractivity contribution >= 4 is 17.7 Å². The van der Waals surface area contributed by atoms with Crippen LogP contribution in [0.1, 0.15) is 49.0 Å². The number of carbonyl (C=O) groups is 3. The molecule has 5 nitrogen and oxygen atoms in total. The molecular weight excluding hydrogens is 337 g/mol. The standard InChI is InChI=1S/C17H19F3N2O3/c1-3-4-9-16(2)14(24)22(15(25)21-16)10-13(23)11-5-7-12(8-6-11)17(18,19)20/h5-8H,3-4,9-10H2,1-2H3,(H,21,25)/t16-/m1/s1. The summed E-state index contributed by atoms with van der Waals surface area (Å²) in [6.45, 7) is 3.06. The lowest BCUT2D eigenvalue weighted by atomic mass is 9.95. The molecule has 1 aromatic rings. The second kappa shape index (κ2) is 6.85. The van der Waals surface area contributed by atoms with E-state index in [9.17, 15) is 27.6 Å². The lowest BCUT2D eigenvalue weighted by Gasteiger charge is -2.21. The summed E-state index contributed by atoms with van der Waals surface area (Å²) in [6.07, 6.45) is -2.45. The maximum absolute atomic E-state index is 12.5. The number of hydrogen-bond acceptors (Lipinski definition) is 3. The normalized spacial score (nSPS) is 20.8. The van der Waals surface area contributed by atoms with Crippen LogP contribution in [0.2, 0.25) is 0 Å². The Labute approximate surface area is 143 Å². The number of benzene rings is 1. The number of amides is 3. The van der Waals surface area contributed by atoms with Gasteiger partial charge in [0.05, 0.1) is 12.1 Å². The first-order valence-electron chi connectivity index (χ1n) is 7.93. The molecule has 3 amide bonds. The zero-order valence-corrected chi connectivity index (χ0v) is 13.9. The lowest BCUT2D eigenvalue weighted by molar-refractivity contribution is -0.137. The van der Waals surface area contributed by atoms with Crippen LogP contribution in [0.3, 0.4) is 0 Å². The summed E-state index contributed by atoms with van der Waals surface area (Å²) in [5.41, 5.74) is -1.91. The number of halogens is 3. The number of rotatable bonds is 6. The minimum absolute atomic E-state index is 0.00996. The molecule has 0 bridgehead atoms. The van der Waals surface area contributed by atoms with Crippen molar-refractivity contribution < 1.29 is 27.6 Å². The van der Waals surface area contributed by atoms with Crippen LogP contribution in [0.4, 0.5) is 18.0 Å². The number of unbranched alkanes of at least 4 members (excludes halogenated alkanes) is 1. The van der Waals surface area contributed by atoms with Crippen LogP contribution in [-0.2, 0) is 11.0 Å². The molecular formula is C17H19F3N2O3. The Bertz CT molecular complexity index is 685. The second-order valence-electron chi connectivity index (χ2n) is 6.26. The fourth-order valence-electron chi connectivity index (χ4n) is 2.67. The second-order valence-corrected chi connectivity index (χ2v) is 6.26. The molecule has 0 saturated carbocycles. The van der Waals surface area contributed by atoms with Crippen molar-refractivity contribution in [2.75, 3.05) is 6.54 Å². The molecule has 1 atom stereocenters. The van der Waals surface area contributed by atoms with E-state index < -0.39 is 41.5 Å². The van der Waals surface area contributed by atoms with E-state index in [4.69, 9.17) is 0 Å². The summed E-state index contributed by atoms with van der Waals surface area (Å²) in [6, 6.07) is 3.01. The van der Waals surface area contributed by atoms with E-state index in [-0.39, 0.29) is 5.56 Å². The van der Waals surface area contributed by atoms with Gasteiger partial charge in [-0.2, -0.15) is 13.2 Å². The van der Waals surface area contributed by atoms with Crippen LogP contribution in [-0.4, -0.2) is 34.7 Å². The molecule has 0 unspecified atom stereocenters. The summed E-state index contributed by atoms with van der Waals surface area (Å²) >= 11 is 0. The Morgan fingerprint density at radius 1 is 1.20 bits per heavy atom. The Morgan fingerprint density at radius 3 is 2.32 bits per heavy atom. The van der Waals surface area contributed by atoms with Gasteiger partial charge in [0.1, 0.15) is 5.54 Å². The first-order chi connectivity index (χ1) is 11.6. The Morgan fingerprint density at radius 2 is 1.80 bits per heavy atom. The van der Waals surface area contributed by atoms with Gasteiger partial charge in [0.15, 0.2) is 5.78 Å². The largest absolute Gasteiger partial charge is 0.416 e. The highest BCUT2D eigenvalue weighted by Gasteiger charge is 2.47. The van der Waals surface area contributed by atoms with Crippen LogP contribution in [0.5, 0.6) is 0 Å². The smallest absolute Gasteiger partial charge is 0.323 e. The van der Waals surface area contributed by atoms with Gasteiger partial charge in [-0.15, -0.1) is 0 Å². The first kappa shape index (κ1) is 19.0. The van der Waals surface area contributed by atoms with Crippen LogP contribution in [0.25, 0.3) is 0 Å². The van der Waals surface area contributed by atoms with Gasteiger partial charge in [-0.05, 0) is 25.5 Å². The fourth-order valence-corrected chi connectivity index (χ4v) is 2.67. The third-order valence-corrected chi connectivity index (χ3v) is 4.21.